The molecule has 7 N–H and O–H groups in total. The summed E-state index contributed by atoms with van der Waals surface area (Å²) in [6.45, 7) is 1.24. The van der Waals surface area contributed by atoms with Crippen LogP contribution in [0.4, 0.5) is 0 Å². The molecule has 0 bridgehead atoms. The quantitative estimate of drug-likeness (QED) is 0.193. The predicted octanol–water partition coefficient (Wildman–Crippen LogP) is -1.33. The van der Waals surface area contributed by atoms with Crippen LogP contribution >= 0.6 is 0 Å². The van der Waals surface area contributed by atoms with Crippen molar-refractivity contribution in [2.45, 2.75) is 101 Å². The topological polar surface area (TPSA) is 164 Å². The van der Waals surface area contributed by atoms with Crippen molar-refractivity contribution in [1.82, 2.24) is 20.3 Å². The van der Waals surface area contributed by atoms with Gasteiger partial charge in [-0.3, -0.25) is 4.68 Å². The van der Waals surface area contributed by atoms with E-state index in [1.807, 2.05) is 0 Å². The molecule has 0 spiro atoms. The van der Waals surface area contributed by atoms with E-state index in [1.165, 1.54) is 25.7 Å². The summed E-state index contributed by atoms with van der Waals surface area (Å²) < 4.78 is 1.75. The van der Waals surface area contributed by atoms with E-state index in [-0.39, 0.29) is 13.2 Å². The van der Waals surface area contributed by atoms with Crippen LogP contribution in [0.1, 0.15) is 57.1 Å². The number of nitrogens with zero attached hydrogens (tertiary/aromatic N) is 3. The molecule has 10 nitrogen and oxygen atoms in total. The Balaban J connectivity index is 1.65. The van der Waals surface area contributed by atoms with Crippen molar-refractivity contribution in [2.75, 3.05) is 6.61 Å². The number of unbranched alkanes of at least 4 members (excludes halogenated alkanes) is 7. The molecule has 1 fully saturated rings. The highest BCUT2D eigenvalue weighted by atomic mass is 16.4. The molecule has 29 heavy (non-hydrogen) atoms. The van der Waals surface area contributed by atoms with Gasteiger partial charge in [-0.2, -0.15) is 0 Å². The van der Waals surface area contributed by atoms with Gasteiger partial charge in [0.2, 0.25) is 0 Å². The molecule has 1 aromatic rings. The first-order valence-corrected chi connectivity index (χ1v) is 10.6. The SMILES string of the molecule is OCCCCCCCCCCn1cc(CNC2[C@@H](O)[C@H](O)C(O)[C@H](O)[C@H]2O)nn1. The van der Waals surface area contributed by atoms with Crippen LogP contribution < -0.4 is 5.32 Å². The Kier molecular flexibility index (Phi) is 10.4. The third-order valence-corrected chi connectivity index (χ3v) is 5.54. The summed E-state index contributed by atoms with van der Waals surface area (Å²) in [4.78, 5) is 0. The minimum atomic E-state index is -1.60. The van der Waals surface area contributed by atoms with Crippen molar-refractivity contribution in [3.63, 3.8) is 0 Å². The van der Waals surface area contributed by atoms with Crippen molar-refractivity contribution in [1.29, 1.82) is 0 Å². The van der Waals surface area contributed by atoms with Gasteiger partial charge in [0.05, 0.1) is 11.7 Å². The Morgan fingerprint density at radius 1 is 0.759 bits per heavy atom. The number of aliphatic hydroxyl groups excluding tert-OH is 6. The predicted molar refractivity (Wildman–Crippen MR) is 105 cm³/mol. The molecule has 1 aliphatic rings. The number of nitrogens with one attached hydrogen (secondary N) is 1. The second-order valence-electron chi connectivity index (χ2n) is 7.88. The van der Waals surface area contributed by atoms with Gasteiger partial charge in [-0.05, 0) is 12.8 Å². The number of hydrogen-bond acceptors (Lipinski definition) is 9. The summed E-state index contributed by atoms with van der Waals surface area (Å²) in [5, 5.41) is 68.9. The molecule has 1 aliphatic carbocycles. The smallest absolute Gasteiger partial charge is 0.111 e. The summed E-state index contributed by atoms with van der Waals surface area (Å²) in [6.07, 6.45) is 3.14. The second kappa shape index (κ2) is 12.5. The van der Waals surface area contributed by atoms with Crippen LogP contribution in [0.3, 0.4) is 0 Å². The van der Waals surface area contributed by atoms with Gasteiger partial charge in [0.15, 0.2) is 0 Å². The van der Waals surface area contributed by atoms with E-state index in [0.717, 1.165) is 32.2 Å². The van der Waals surface area contributed by atoms with Gasteiger partial charge in [0.25, 0.3) is 0 Å². The fourth-order valence-corrected chi connectivity index (χ4v) is 3.67. The van der Waals surface area contributed by atoms with E-state index in [0.29, 0.717) is 5.69 Å². The summed E-state index contributed by atoms with van der Waals surface area (Å²) in [6, 6.07) is -0.995. The molecule has 0 radical (unpaired) electrons. The van der Waals surface area contributed by atoms with Crippen LogP contribution in [0.25, 0.3) is 0 Å². The van der Waals surface area contributed by atoms with Gasteiger partial charge in [-0.25, -0.2) is 0 Å². The summed E-state index contributed by atoms with van der Waals surface area (Å²) in [7, 11) is 0. The van der Waals surface area contributed by atoms with E-state index in [2.05, 4.69) is 15.6 Å². The molecule has 1 saturated carbocycles. The molecule has 168 valence electrons. The first kappa shape index (κ1) is 24.1. The number of rotatable bonds is 13. The van der Waals surface area contributed by atoms with Crippen molar-refractivity contribution < 1.29 is 30.6 Å². The molecule has 10 heteroatoms. The van der Waals surface area contributed by atoms with Gasteiger partial charge in [-0.15, -0.1) is 5.10 Å². The van der Waals surface area contributed by atoms with E-state index in [9.17, 15) is 25.5 Å². The third kappa shape index (κ3) is 7.25. The number of aliphatic hydroxyl groups is 6. The molecule has 2 rings (SSSR count). The lowest BCUT2D eigenvalue weighted by Crippen LogP contribution is -2.67. The molecule has 0 saturated heterocycles. The zero-order valence-corrected chi connectivity index (χ0v) is 16.8. The van der Waals surface area contributed by atoms with E-state index >= 15 is 0 Å². The summed E-state index contributed by atoms with van der Waals surface area (Å²) >= 11 is 0. The maximum absolute atomic E-state index is 10.0. The van der Waals surface area contributed by atoms with Gasteiger partial charge in [-0.1, -0.05) is 43.7 Å². The van der Waals surface area contributed by atoms with E-state index < -0.39 is 36.6 Å². The molecule has 0 aromatic carbocycles. The highest BCUT2D eigenvalue weighted by Crippen LogP contribution is 2.21. The average Bonchev–Trinajstić information content (AvgIpc) is 3.17. The Morgan fingerprint density at radius 3 is 1.86 bits per heavy atom. The number of aromatic nitrogens is 3. The fourth-order valence-electron chi connectivity index (χ4n) is 3.67. The molecule has 0 amide bonds. The van der Waals surface area contributed by atoms with Crippen LogP contribution in [0.2, 0.25) is 0 Å². The van der Waals surface area contributed by atoms with Gasteiger partial charge < -0.3 is 36.0 Å². The lowest BCUT2D eigenvalue weighted by molar-refractivity contribution is -0.190. The maximum atomic E-state index is 10.0. The van der Waals surface area contributed by atoms with Crippen LogP contribution in [-0.4, -0.2) is 88.8 Å². The van der Waals surface area contributed by atoms with Gasteiger partial charge in [0, 0.05) is 25.9 Å². The lowest BCUT2D eigenvalue weighted by atomic mass is 9.83. The Labute approximate surface area is 171 Å². The molecular formula is C19H36N4O6. The molecule has 1 heterocycles. The van der Waals surface area contributed by atoms with Crippen LogP contribution in [0.5, 0.6) is 0 Å². The number of hydrogen-bond donors (Lipinski definition) is 7. The Morgan fingerprint density at radius 2 is 1.28 bits per heavy atom. The van der Waals surface area contributed by atoms with Crippen molar-refractivity contribution in [2.24, 2.45) is 0 Å². The largest absolute Gasteiger partial charge is 0.396 e. The highest BCUT2D eigenvalue weighted by molar-refractivity contribution is 5.03. The van der Waals surface area contributed by atoms with E-state index in [1.54, 1.807) is 10.9 Å². The fraction of sp³-hybridized carbons (Fsp3) is 0.895. The Bertz CT molecular complexity index is 559. The van der Waals surface area contributed by atoms with Crippen molar-refractivity contribution >= 4 is 0 Å². The molecule has 6 atom stereocenters. The standard InChI is InChI=1S/C19H36N4O6/c24-10-8-6-4-2-1-3-5-7-9-23-12-13(21-22-23)11-20-14-15(25)17(27)19(29)18(28)16(14)26/h12,14-20,24-29H,1-11H2/t14?,15-,16+,17+,18-,19?. The lowest BCUT2D eigenvalue weighted by Gasteiger charge is -2.42. The van der Waals surface area contributed by atoms with Gasteiger partial charge >= 0.3 is 0 Å². The van der Waals surface area contributed by atoms with Gasteiger partial charge in [0.1, 0.15) is 30.5 Å². The van der Waals surface area contributed by atoms with Crippen LogP contribution in [0, 0.1) is 0 Å². The van der Waals surface area contributed by atoms with E-state index in [4.69, 9.17) is 5.11 Å². The minimum absolute atomic E-state index is 0.197. The second-order valence-corrected chi connectivity index (χ2v) is 7.88. The molecule has 2 unspecified atom stereocenters. The molecule has 1 aromatic heterocycles. The zero-order chi connectivity index (χ0) is 21.2. The van der Waals surface area contributed by atoms with Crippen molar-refractivity contribution in [3.8, 4) is 0 Å². The first-order valence-electron chi connectivity index (χ1n) is 10.6. The van der Waals surface area contributed by atoms with Crippen LogP contribution in [0.15, 0.2) is 6.20 Å². The average molecular weight is 417 g/mol. The molecular weight excluding hydrogens is 380 g/mol. The zero-order valence-electron chi connectivity index (χ0n) is 16.8. The highest BCUT2D eigenvalue weighted by Gasteiger charge is 2.47. The minimum Gasteiger partial charge on any atom is -0.396 e. The summed E-state index contributed by atoms with van der Waals surface area (Å²) in [5.41, 5.74) is 0.614. The molecule has 0 aliphatic heterocycles. The maximum Gasteiger partial charge on any atom is 0.111 e. The summed E-state index contributed by atoms with van der Waals surface area (Å²) in [5.74, 6) is 0. The number of aryl methyl sites for hydroxylation is 1. The van der Waals surface area contributed by atoms with Crippen molar-refractivity contribution in [3.05, 3.63) is 11.9 Å². The first-order chi connectivity index (χ1) is 14.0. The van der Waals surface area contributed by atoms with Crippen LogP contribution in [-0.2, 0) is 13.1 Å². The normalized spacial score (nSPS) is 30.0. The monoisotopic (exact) mass is 416 g/mol. The third-order valence-electron chi connectivity index (χ3n) is 5.54. The Hall–Kier alpha value is -1.14.